The summed E-state index contributed by atoms with van der Waals surface area (Å²) in [6, 6.07) is 0.843. The number of carbonyl (C=O) groups excluding carboxylic acids is 12. The number of fused-ring (bicyclic) bond motifs is 5. The van der Waals surface area contributed by atoms with E-state index in [-0.39, 0.29) is 118 Å². The van der Waals surface area contributed by atoms with Gasteiger partial charge in [0.1, 0.15) is 65.3 Å². The minimum Gasteiger partial charge on any atom is -0.495 e. The monoisotopic (exact) mass is 1630 g/mol. The number of ketones is 2. The number of nitrogens with one attached hydrogen (secondary N) is 3. The number of nitrogens with zero attached hydrogens (tertiary/aromatic N) is 8. The topological polar surface area (TPSA) is 535 Å². The highest BCUT2D eigenvalue weighted by Gasteiger charge is 2.64. The Morgan fingerprint density at radius 2 is 1.68 bits per heavy atom. The molecule has 1 aromatic carbocycles. The quantitative estimate of drug-likeness (QED) is 0.00359. The number of Topliss-reactive ketones (excluding diaryl/α,β-unsaturated/α-hetero) is 2. The average molecular weight is 1630 g/mol. The number of hydrogen-bond donors (Lipinski definition) is 7. The second-order valence-electron chi connectivity index (χ2n) is 26.0. The van der Waals surface area contributed by atoms with E-state index in [0.29, 0.717) is 34.9 Å². The largest absolute Gasteiger partial charge is 0.495 e. The molecule has 0 aliphatic carbocycles. The van der Waals surface area contributed by atoms with Crippen molar-refractivity contribution < 1.29 is 113 Å². The van der Waals surface area contributed by atoms with Crippen molar-refractivity contribution >= 4 is 144 Å². The number of aryl methyl sites for hydroxylation is 2. The SMILES string of the molecule is COc1cc2cc(c1Cl)N(C)C(=O)C[C@H](OC(=O)[C@H](C)N(C)C(=O)CCSSC[C@H](NC(=O)[C@H](COC=O)CC(=O)[C@H](CCCN=C(N)N)NC(=O)[C@H](COC=O)CC(=O)CCn1cc(CCCC(=O)Nc3nnc(S(=O)(=O)ON)s3)nn1)OC=O)[C@@]1(C)O[C@H]1[C@H](C)[C@@H]1C[C@@](O)(CC(=O)O1)[C@H](OC)/C=C/C=C(\C)C2. The van der Waals surface area contributed by atoms with Gasteiger partial charge in [0.05, 0.1) is 61.1 Å². The van der Waals surface area contributed by atoms with Gasteiger partial charge in [-0.2, -0.15) is 18.6 Å². The Bertz CT molecular complexity index is 3940. The summed E-state index contributed by atoms with van der Waals surface area (Å²) in [6.07, 6.45) is -0.0601. The Kier molecular flexibility index (Phi) is 34.7. The number of aromatic nitrogens is 5. The number of allylic oxidation sites excluding steroid dienone is 3. The van der Waals surface area contributed by atoms with Crippen molar-refractivity contribution in [2.75, 3.05) is 69.8 Å². The smallest absolute Gasteiger partial charge is 0.342 e. The fraction of sp³-hybridized carbons (Fsp3) is 0.591. The summed E-state index contributed by atoms with van der Waals surface area (Å²) in [5.74, 6) is -4.90. The van der Waals surface area contributed by atoms with Gasteiger partial charge >= 0.3 is 22.1 Å². The summed E-state index contributed by atoms with van der Waals surface area (Å²) in [5.41, 5.74) is 10.3. The molecule has 3 aliphatic heterocycles. The van der Waals surface area contributed by atoms with Gasteiger partial charge < -0.3 is 80.2 Å². The van der Waals surface area contributed by atoms with Crippen LogP contribution in [0, 0.1) is 17.8 Å². The molecule has 0 spiro atoms. The van der Waals surface area contributed by atoms with Crippen LogP contribution in [0.25, 0.3) is 0 Å². The summed E-state index contributed by atoms with van der Waals surface area (Å²) in [7, 11) is 3.62. The molecule has 0 unspecified atom stereocenters. The number of guanidine groups is 1. The second kappa shape index (κ2) is 42.4. The first-order chi connectivity index (χ1) is 51.7. The van der Waals surface area contributed by atoms with E-state index in [9.17, 15) is 71.1 Å². The Morgan fingerprint density at radius 1 is 0.972 bits per heavy atom. The van der Waals surface area contributed by atoms with E-state index in [1.54, 1.807) is 38.1 Å². The number of likely N-dealkylation sites (N-methyl/N-ethyl adjacent to an activating group) is 1. The number of ether oxygens (including phenoxy) is 8. The van der Waals surface area contributed by atoms with E-state index in [1.807, 2.05) is 13.0 Å². The average Bonchev–Trinajstić information content (AvgIpc) is 1.57. The fourth-order valence-electron chi connectivity index (χ4n) is 11.9. The molecule has 0 saturated carbocycles. The normalized spacial score (nSPS) is 22.1. The molecule has 10 N–H and O–H groups in total. The number of esters is 2. The van der Waals surface area contributed by atoms with Gasteiger partial charge in [-0.15, -0.1) is 15.3 Å². The van der Waals surface area contributed by atoms with Crippen LogP contribution < -0.4 is 43.0 Å². The van der Waals surface area contributed by atoms with Gasteiger partial charge in [-0.3, -0.25) is 62.4 Å². The van der Waals surface area contributed by atoms with Gasteiger partial charge in [-0.25, -0.2) is 4.79 Å². The van der Waals surface area contributed by atoms with E-state index in [0.717, 1.165) is 37.6 Å². The standard InChI is InChI=1S/C66H91ClN14O24S4/c1-37-12-9-15-50(98-8)66(94)28-49(102-56(90)29-66)38(2)58-65(4,104-58)51(27-55(89)80(6)46-23-40(22-37)24-48(97-7)57(46)67)103-61(93)39(3)79(5)54(88)18-21-106-107-33-53(101-36-84)74-60(92)42(32-100-35-83)26-47(86)45(14-11-19-71-62(68)69)72-59(91)41(31-99-34-82)25-44(85)17-20-81-30-43(75-78-81)13-10-16-52(87)73-63-76-77-64(108-63)109(95,96)105-70/h9,12,15,23-24,30,34-36,38-39,41-42,45,49-51,53,58,94H,10-11,13-14,16-22,25-29,31-33,70H2,1-8H3,(H,72,91)(H,74,92)(H4,68,69,71)(H,73,76,87)/b15-9+,37-12+/t38-,39+,41+,42+,45+,49+,50-,51+,53-,58+,65-,66-/m1/s1. The van der Waals surface area contributed by atoms with Gasteiger partial charge in [-0.1, -0.05) is 80.5 Å². The molecule has 2 fully saturated rings. The maximum atomic E-state index is 14.5. The number of rotatable bonds is 42. The lowest BCUT2D eigenvalue weighted by atomic mass is 9.78. The van der Waals surface area contributed by atoms with Crippen molar-refractivity contribution in [2.24, 2.45) is 40.1 Å². The van der Waals surface area contributed by atoms with Crippen molar-refractivity contribution in [2.45, 2.75) is 176 Å². The Labute approximate surface area is 644 Å². The summed E-state index contributed by atoms with van der Waals surface area (Å²) >= 11 is 7.38. The molecule has 109 heavy (non-hydrogen) atoms. The number of benzene rings is 1. The molecule has 6 rings (SSSR count). The van der Waals surface area contributed by atoms with Crippen LogP contribution in [0.4, 0.5) is 10.8 Å². The number of hydrogen-bond acceptors (Lipinski definition) is 33. The number of amides is 5. The molecule has 3 aliphatic rings. The van der Waals surface area contributed by atoms with Crippen LogP contribution in [0.15, 0.2) is 51.5 Å². The summed E-state index contributed by atoms with van der Waals surface area (Å²) in [5, 5.41) is 34.6. The van der Waals surface area contributed by atoms with Crippen molar-refractivity contribution in [1.29, 1.82) is 0 Å². The highest BCUT2D eigenvalue weighted by atomic mass is 35.5. The first kappa shape index (κ1) is 89.1. The molecule has 3 aromatic rings. The first-order valence-corrected chi connectivity index (χ1v) is 39.2. The van der Waals surface area contributed by atoms with Crippen molar-refractivity contribution in [3.8, 4) is 5.75 Å². The third-order valence-corrected chi connectivity index (χ3v) is 23.1. The Hall–Kier alpha value is -8.75. The lowest BCUT2D eigenvalue weighted by Crippen LogP contribution is -2.53. The van der Waals surface area contributed by atoms with E-state index in [4.69, 9.17) is 66.9 Å². The molecule has 5 amide bonds. The van der Waals surface area contributed by atoms with Gasteiger partial charge in [0.2, 0.25) is 34.7 Å². The van der Waals surface area contributed by atoms with Crippen molar-refractivity contribution in [3.63, 3.8) is 0 Å². The molecule has 2 saturated heterocycles. The molecule has 600 valence electrons. The zero-order valence-electron chi connectivity index (χ0n) is 61.1. The van der Waals surface area contributed by atoms with Crippen LogP contribution in [-0.2, 0) is 124 Å². The van der Waals surface area contributed by atoms with E-state index in [1.165, 1.54) is 51.0 Å². The van der Waals surface area contributed by atoms with Crippen molar-refractivity contribution in [1.82, 2.24) is 40.7 Å². The maximum Gasteiger partial charge on any atom is 0.342 e. The number of aliphatic imine (C=N–C) groups is 1. The molecule has 12 atom stereocenters. The highest BCUT2D eigenvalue weighted by molar-refractivity contribution is 8.76. The molecule has 43 heteroatoms. The van der Waals surface area contributed by atoms with Crippen LogP contribution >= 0.6 is 44.5 Å². The van der Waals surface area contributed by atoms with Crippen LogP contribution in [0.5, 0.6) is 5.75 Å². The minimum absolute atomic E-state index is 0.00899. The molecule has 5 heterocycles. The zero-order valence-corrected chi connectivity index (χ0v) is 65.1. The van der Waals surface area contributed by atoms with Crippen LogP contribution in [-0.4, -0.2) is 236 Å². The molecule has 4 bridgehead atoms. The number of carbonyl (C=O) groups is 12. The Balaban J connectivity index is 1.04. The highest BCUT2D eigenvalue weighted by Crippen LogP contribution is 2.50. The number of halogens is 1. The summed E-state index contributed by atoms with van der Waals surface area (Å²) < 4.78 is 72.8. The van der Waals surface area contributed by atoms with Crippen LogP contribution in [0.2, 0.25) is 5.02 Å². The van der Waals surface area contributed by atoms with E-state index < -0.39 is 172 Å². The third-order valence-electron chi connectivity index (χ3n) is 18.1. The lowest BCUT2D eigenvalue weighted by Gasteiger charge is -2.41. The van der Waals surface area contributed by atoms with E-state index >= 15 is 0 Å². The maximum absolute atomic E-state index is 14.5. The zero-order chi connectivity index (χ0) is 80.3. The molecular weight excluding hydrogens is 1540 g/mol. The number of aliphatic hydroxyl groups is 1. The second-order valence-corrected chi connectivity index (χ2v) is 31.8. The number of methoxy groups -OCH3 is 2. The molecule has 2 aromatic heterocycles. The van der Waals surface area contributed by atoms with Gasteiger partial charge in [0.25, 0.3) is 23.8 Å². The van der Waals surface area contributed by atoms with Crippen LogP contribution in [0.1, 0.15) is 110 Å². The molecular formula is C66H91ClN14O24S4. The van der Waals surface area contributed by atoms with Crippen molar-refractivity contribution in [3.05, 3.63) is 58.4 Å². The summed E-state index contributed by atoms with van der Waals surface area (Å²) in [6.45, 7) is 5.59. The lowest BCUT2D eigenvalue weighted by molar-refractivity contribution is -0.187. The van der Waals surface area contributed by atoms with E-state index in [2.05, 4.69) is 45.7 Å². The van der Waals surface area contributed by atoms with Gasteiger partial charge in [0.15, 0.2) is 18.0 Å². The molecule has 0 radical (unpaired) electrons. The Morgan fingerprint density at radius 3 is 2.35 bits per heavy atom. The van der Waals surface area contributed by atoms with Gasteiger partial charge in [0, 0.05) is 90.7 Å². The fourth-order valence-corrected chi connectivity index (χ4v) is 15.7. The molecule has 38 nitrogen and oxygen atoms in total. The third kappa shape index (κ3) is 26.5. The predicted molar refractivity (Wildman–Crippen MR) is 391 cm³/mol. The first-order valence-electron chi connectivity index (χ1n) is 34.1. The number of nitrogens with two attached hydrogens (primary N) is 3. The van der Waals surface area contributed by atoms with Gasteiger partial charge in [-0.05, 0) is 70.6 Å². The minimum atomic E-state index is -4.32. The predicted octanol–water partition coefficient (Wildman–Crippen LogP) is 1.26. The number of anilines is 2. The number of epoxide rings is 1. The van der Waals surface area contributed by atoms with Crippen LogP contribution in [0.3, 0.4) is 0 Å². The summed E-state index contributed by atoms with van der Waals surface area (Å²) in [4.78, 5) is 165.